The van der Waals surface area contributed by atoms with Crippen molar-refractivity contribution in [2.24, 2.45) is 10.8 Å². The molecule has 0 radical (unpaired) electrons. The van der Waals surface area contributed by atoms with E-state index in [1.807, 2.05) is 0 Å². The minimum Gasteiger partial charge on any atom is -0.454 e. The fourth-order valence-electron chi connectivity index (χ4n) is 5.66. The molecule has 0 aliphatic carbocycles. The second-order valence-electron chi connectivity index (χ2n) is 13.3. The van der Waals surface area contributed by atoms with Crippen molar-refractivity contribution in [3.63, 3.8) is 0 Å². The summed E-state index contributed by atoms with van der Waals surface area (Å²) < 4.78 is 7.86. The molecule has 0 saturated carbocycles. The third-order valence-corrected chi connectivity index (χ3v) is 32.0. The molecular formula is C20H46OSi4. The summed E-state index contributed by atoms with van der Waals surface area (Å²) in [5, 5.41) is 1.74. The lowest BCUT2D eigenvalue weighted by atomic mass is 9.86. The Bertz CT molecular complexity index is 531. The Hall–Kier alpha value is 0.568. The highest BCUT2D eigenvalue weighted by atomic mass is 29.3. The molecule has 1 aliphatic heterocycles. The van der Waals surface area contributed by atoms with Crippen molar-refractivity contribution in [3.05, 3.63) is 11.3 Å². The van der Waals surface area contributed by atoms with Gasteiger partial charge in [0.2, 0.25) is 7.83 Å². The molecule has 0 bridgehead atoms. The molecule has 1 aliphatic rings. The molecule has 0 aromatic rings. The fraction of sp³-hybridized carbons (Fsp3) is 0.900. The van der Waals surface area contributed by atoms with E-state index >= 15 is 0 Å². The number of hydrogen-bond donors (Lipinski definition) is 0. The molecule has 0 saturated heterocycles. The van der Waals surface area contributed by atoms with Crippen molar-refractivity contribution in [1.29, 1.82) is 0 Å². The molecule has 0 unspecified atom stereocenters. The summed E-state index contributed by atoms with van der Waals surface area (Å²) >= 11 is 0. The molecule has 0 N–H and O–H groups in total. The van der Waals surface area contributed by atoms with Crippen LogP contribution < -0.4 is 0 Å². The molecule has 1 rings (SSSR count). The van der Waals surface area contributed by atoms with E-state index in [4.69, 9.17) is 4.12 Å². The Balaban J connectivity index is 4.04. The van der Waals surface area contributed by atoms with E-state index < -0.39 is 31.8 Å². The number of hydrogen-bond acceptors (Lipinski definition) is 1. The molecule has 25 heavy (non-hydrogen) atoms. The Morgan fingerprint density at radius 2 is 1.20 bits per heavy atom. The Morgan fingerprint density at radius 3 is 1.40 bits per heavy atom. The van der Waals surface area contributed by atoms with Crippen LogP contribution in [0, 0.1) is 10.8 Å². The second-order valence-corrected chi connectivity index (χ2v) is 37.9. The van der Waals surface area contributed by atoms with E-state index in [2.05, 4.69) is 107 Å². The predicted molar refractivity (Wildman–Crippen MR) is 127 cm³/mol. The average Bonchev–Trinajstić information content (AvgIpc) is 2.14. The molecule has 2 atom stereocenters. The highest BCUT2D eigenvalue weighted by molar-refractivity contribution is 7.47. The second kappa shape index (κ2) is 6.03. The highest BCUT2D eigenvalue weighted by Crippen LogP contribution is 2.72. The van der Waals surface area contributed by atoms with Crippen LogP contribution in [0.3, 0.4) is 0 Å². The lowest BCUT2D eigenvalue weighted by molar-refractivity contribution is 0.315. The van der Waals surface area contributed by atoms with Gasteiger partial charge in [-0.1, -0.05) is 92.1 Å². The van der Waals surface area contributed by atoms with Crippen LogP contribution in [0.5, 0.6) is 0 Å². The van der Waals surface area contributed by atoms with Crippen molar-refractivity contribution in [2.45, 2.75) is 105 Å². The Morgan fingerprint density at radius 1 is 0.800 bits per heavy atom. The highest BCUT2D eigenvalue weighted by Gasteiger charge is 2.77. The first-order chi connectivity index (χ1) is 10.5. The Kier molecular flexibility index (Phi) is 5.69. The molecule has 5 heteroatoms. The van der Waals surface area contributed by atoms with Gasteiger partial charge in [-0.05, 0) is 30.5 Å². The van der Waals surface area contributed by atoms with Gasteiger partial charge in [-0.25, -0.2) is 0 Å². The first kappa shape index (κ1) is 23.6. The molecule has 0 spiro atoms. The van der Waals surface area contributed by atoms with E-state index in [9.17, 15) is 0 Å². The summed E-state index contributed by atoms with van der Waals surface area (Å²) in [7, 11) is -6.78. The standard InChI is InChI=1S/C20H46OSi4/c1-18(2,3)17-16-20(19(4,5)6,22(7,8)9)25(17,24(13,14)15)21-23(10,11)12/h16H,1-15H3/t20-,25-/m1/s1. The molecule has 0 amide bonds. The zero-order valence-electron chi connectivity index (χ0n) is 20.0. The van der Waals surface area contributed by atoms with Gasteiger partial charge in [0.15, 0.2) is 8.32 Å². The minimum absolute atomic E-state index is 0.223. The van der Waals surface area contributed by atoms with Crippen LogP contribution in [-0.4, -0.2) is 31.8 Å². The smallest absolute Gasteiger partial charge is 0.201 e. The maximum Gasteiger partial charge on any atom is 0.201 e. The number of rotatable bonds is 4. The molecule has 1 heterocycles. The lowest BCUT2D eigenvalue weighted by Crippen LogP contribution is -2.83. The van der Waals surface area contributed by atoms with E-state index in [1.165, 1.54) is 0 Å². The van der Waals surface area contributed by atoms with Crippen LogP contribution in [0.2, 0.25) is 63.6 Å². The molecule has 1 nitrogen and oxygen atoms in total. The largest absolute Gasteiger partial charge is 0.454 e. The quantitative estimate of drug-likeness (QED) is 0.436. The van der Waals surface area contributed by atoms with Gasteiger partial charge in [0.1, 0.15) is 0 Å². The van der Waals surface area contributed by atoms with Gasteiger partial charge in [0.05, 0.1) is 15.7 Å². The molecule has 0 aromatic carbocycles. The average molecular weight is 415 g/mol. The Labute approximate surface area is 163 Å². The van der Waals surface area contributed by atoms with Gasteiger partial charge in [-0.3, -0.25) is 0 Å². The zero-order chi connectivity index (χ0) is 20.5. The van der Waals surface area contributed by atoms with Crippen LogP contribution in [0.15, 0.2) is 11.3 Å². The van der Waals surface area contributed by atoms with E-state index in [0.29, 0.717) is 4.66 Å². The molecule has 148 valence electrons. The van der Waals surface area contributed by atoms with Crippen LogP contribution in [0.1, 0.15) is 41.5 Å². The summed E-state index contributed by atoms with van der Waals surface area (Å²) in [5.74, 6) is 0. The van der Waals surface area contributed by atoms with Crippen LogP contribution in [-0.2, 0) is 4.12 Å². The normalized spacial score (nSPS) is 29.3. The summed E-state index contributed by atoms with van der Waals surface area (Å²) in [6, 6.07) is 0. The van der Waals surface area contributed by atoms with Crippen molar-refractivity contribution in [1.82, 2.24) is 0 Å². The van der Waals surface area contributed by atoms with Gasteiger partial charge in [-0.2, -0.15) is 0 Å². The van der Waals surface area contributed by atoms with Gasteiger partial charge in [-0.15, -0.1) is 0 Å². The maximum absolute atomic E-state index is 7.54. The summed E-state index contributed by atoms with van der Waals surface area (Å²) in [6.45, 7) is 37.6. The van der Waals surface area contributed by atoms with E-state index in [1.54, 1.807) is 5.20 Å². The third kappa shape index (κ3) is 3.53. The summed E-state index contributed by atoms with van der Waals surface area (Å²) in [5.41, 5.74) is 0.485. The first-order valence-corrected chi connectivity index (χ1v) is 23.3. The molecule has 0 fully saturated rings. The summed E-state index contributed by atoms with van der Waals surface area (Å²) in [6.07, 6.45) is 2.77. The monoisotopic (exact) mass is 414 g/mol. The third-order valence-electron chi connectivity index (χ3n) is 5.98. The van der Waals surface area contributed by atoms with Crippen LogP contribution in [0.4, 0.5) is 0 Å². The van der Waals surface area contributed by atoms with Gasteiger partial charge >= 0.3 is 0 Å². The van der Waals surface area contributed by atoms with Crippen molar-refractivity contribution >= 4 is 31.8 Å². The summed E-state index contributed by atoms with van der Waals surface area (Å²) in [4.78, 5) is 0. The molecule has 0 aromatic heterocycles. The first-order valence-electron chi connectivity index (χ1n) is 9.99. The van der Waals surface area contributed by atoms with Gasteiger partial charge < -0.3 is 4.12 Å². The topological polar surface area (TPSA) is 9.23 Å². The maximum atomic E-state index is 7.54. The van der Waals surface area contributed by atoms with Crippen molar-refractivity contribution in [2.75, 3.05) is 0 Å². The van der Waals surface area contributed by atoms with E-state index in [-0.39, 0.29) is 10.8 Å². The SMILES string of the molecule is CC(C)(C)C1=C[C@@](C(C)(C)C)([Si](C)(C)C)[Si@]1(O[Si](C)(C)C)[Si](C)(C)C. The van der Waals surface area contributed by atoms with Crippen LogP contribution >= 0.6 is 0 Å². The fourth-order valence-corrected chi connectivity index (χ4v) is 45.7. The minimum atomic E-state index is -2.07. The zero-order valence-corrected chi connectivity index (χ0v) is 24.0. The van der Waals surface area contributed by atoms with Crippen molar-refractivity contribution in [3.8, 4) is 0 Å². The predicted octanol–water partition coefficient (Wildman–Crippen LogP) is 7.39. The van der Waals surface area contributed by atoms with Gasteiger partial charge in [0.25, 0.3) is 0 Å². The van der Waals surface area contributed by atoms with Crippen LogP contribution in [0.25, 0.3) is 0 Å². The van der Waals surface area contributed by atoms with Crippen molar-refractivity contribution < 1.29 is 4.12 Å². The lowest BCUT2D eigenvalue weighted by Gasteiger charge is -2.73. The molecular weight excluding hydrogens is 369 g/mol. The number of allylic oxidation sites excluding steroid dienone is 2. The van der Waals surface area contributed by atoms with E-state index in [0.717, 1.165) is 0 Å². The van der Waals surface area contributed by atoms with Gasteiger partial charge in [0, 0.05) is 4.66 Å².